The Morgan fingerprint density at radius 3 is 2.67 bits per heavy atom. The zero-order valence-electron chi connectivity index (χ0n) is 11.1. The molecule has 118 valence electrons. The molecule has 10 heteroatoms. The van der Waals surface area contributed by atoms with Crippen molar-refractivity contribution in [3.05, 3.63) is 20.5 Å². The molecule has 1 fully saturated rings. The first-order valence-electron chi connectivity index (χ1n) is 6.53. The topological polar surface area (TPSA) is 115 Å². The summed E-state index contributed by atoms with van der Waals surface area (Å²) in [5, 5.41) is 10.7. The highest BCUT2D eigenvalue weighted by atomic mass is 35.5. The maximum absolute atomic E-state index is 12.3. The number of halogens is 1. The van der Waals surface area contributed by atoms with Crippen LogP contribution in [0.5, 0.6) is 0 Å². The number of nitrogens with zero attached hydrogens (tertiary/aromatic N) is 1. The molecule has 1 aromatic rings. The molecular weight excluding hydrogens is 338 g/mol. The largest absolute Gasteiger partial charge is 0.326 e. The van der Waals surface area contributed by atoms with E-state index >= 15 is 0 Å². The fraction of sp³-hybridized carbons (Fsp3) is 0.636. The second-order valence-corrected chi connectivity index (χ2v) is 8.61. The first kappa shape index (κ1) is 16.6. The second kappa shape index (κ2) is 6.57. The normalized spacial score (nSPS) is 23.7. The highest BCUT2D eigenvalue weighted by Gasteiger charge is 2.30. The molecule has 3 N–H and O–H groups in total. The van der Waals surface area contributed by atoms with E-state index in [0.29, 0.717) is 17.8 Å². The highest BCUT2D eigenvalue weighted by Crippen LogP contribution is 2.36. The van der Waals surface area contributed by atoms with Crippen LogP contribution in [0, 0.1) is 10.1 Å². The molecule has 1 heterocycles. The first-order chi connectivity index (χ1) is 9.81. The fourth-order valence-electron chi connectivity index (χ4n) is 2.34. The third kappa shape index (κ3) is 3.92. The lowest BCUT2D eigenvalue weighted by molar-refractivity contribution is -0.384. The molecule has 2 atom stereocenters. The van der Waals surface area contributed by atoms with Gasteiger partial charge >= 0.3 is 0 Å². The summed E-state index contributed by atoms with van der Waals surface area (Å²) >= 11 is 6.38. The maximum Gasteiger partial charge on any atom is 0.300 e. The fourth-order valence-corrected chi connectivity index (χ4v) is 5.34. The lowest BCUT2D eigenvalue weighted by Gasteiger charge is -2.21. The molecule has 0 aromatic carbocycles. The summed E-state index contributed by atoms with van der Waals surface area (Å²) in [6.45, 7) is 0. The number of thiophene rings is 1. The Morgan fingerprint density at radius 1 is 1.38 bits per heavy atom. The van der Waals surface area contributed by atoms with Crippen molar-refractivity contribution >= 4 is 38.6 Å². The van der Waals surface area contributed by atoms with E-state index in [2.05, 4.69) is 4.72 Å². The van der Waals surface area contributed by atoms with E-state index < -0.39 is 20.6 Å². The maximum atomic E-state index is 12.3. The monoisotopic (exact) mass is 353 g/mol. The van der Waals surface area contributed by atoms with Crippen molar-refractivity contribution < 1.29 is 13.3 Å². The Labute approximate surface area is 131 Å². The van der Waals surface area contributed by atoms with Gasteiger partial charge in [0.25, 0.3) is 15.7 Å². The minimum Gasteiger partial charge on any atom is -0.326 e. The van der Waals surface area contributed by atoms with E-state index in [4.69, 9.17) is 17.3 Å². The van der Waals surface area contributed by atoms with Gasteiger partial charge in [-0.3, -0.25) is 10.1 Å². The van der Waals surface area contributed by atoms with Gasteiger partial charge in [0.05, 0.1) is 4.92 Å². The quantitative estimate of drug-likeness (QED) is 0.489. The summed E-state index contributed by atoms with van der Waals surface area (Å²) in [6, 6.07) is 0.391. The molecule has 1 aliphatic rings. The van der Waals surface area contributed by atoms with Crippen LogP contribution in [0.25, 0.3) is 0 Å². The lowest BCUT2D eigenvalue weighted by atomic mass is 10.1. The minimum atomic E-state index is -3.84. The number of nitrogens with one attached hydrogen (secondary N) is 1. The summed E-state index contributed by atoms with van der Waals surface area (Å²) in [5.41, 5.74) is 5.59. The van der Waals surface area contributed by atoms with Gasteiger partial charge in [0.1, 0.15) is 4.21 Å². The number of rotatable bonds is 4. The molecule has 7 nitrogen and oxygen atoms in total. The third-order valence-corrected chi connectivity index (χ3v) is 6.78. The van der Waals surface area contributed by atoms with Crippen molar-refractivity contribution in [2.75, 3.05) is 0 Å². The van der Waals surface area contributed by atoms with E-state index in [1.165, 1.54) is 0 Å². The molecule has 21 heavy (non-hydrogen) atoms. The molecule has 0 bridgehead atoms. The molecule has 1 aromatic heterocycles. The van der Waals surface area contributed by atoms with Crippen molar-refractivity contribution in [1.29, 1.82) is 0 Å². The average molecular weight is 354 g/mol. The SMILES string of the molecule is NC1CCCCCC1NS(=O)(=O)c1cc([N+](=O)[O-])c(Cl)s1. The smallest absolute Gasteiger partial charge is 0.300 e. The van der Waals surface area contributed by atoms with E-state index in [0.717, 1.165) is 31.7 Å². The summed E-state index contributed by atoms with van der Waals surface area (Å²) < 4.78 is 26.9. The summed E-state index contributed by atoms with van der Waals surface area (Å²) in [6.07, 6.45) is 4.35. The zero-order valence-corrected chi connectivity index (χ0v) is 13.5. The number of nitrogens with two attached hydrogens (primary N) is 1. The Bertz CT molecular complexity index is 631. The van der Waals surface area contributed by atoms with Gasteiger partial charge in [-0.2, -0.15) is 0 Å². The van der Waals surface area contributed by atoms with Crippen LogP contribution in [-0.2, 0) is 10.0 Å². The van der Waals surface area contributed by atoms with Crippen LogP contribution in [-0.4, -0.2) is 25.4 Å². The van der Waals surface area contributed by atoms with Gasteiger partial charge in [0.2, 0.25) is 0 Å². The molecule has 2 unspecified atom stereocenters. The van der Waals surface area contributed by atoms with Crippen molar-refractivity contribution in [3.63, 3.8) is 0 Å². The molecule has 0 spiro atoms. The molecule has 0 radical (unpaired) electrons. The van der Waals surface area contributed by atoms with Crippen LogP contribution in [0.15, 0.2) is 10.3 Å². The molecule has 0 amide bonds. The second-order valence-electron chi connectivity index (χ2n) is 5.01. The van der Waals surface area contributed by atoms with Gasteiger partial charge in [0, 0.05) is 18.2 Å². The van der Waals surface area contributed by atoms with Crippen LogP contribution >= 0.6 is 22.9 Å². The van der Waals surface area contributed by atoms with E-state index in [1.807, 2.05) is 0 Å². The number of hydrogen-bond donors (Lipinski definition) is 2. The summed E-state index contributed by atoms with van der Waals surface area (Å²) in [4.78, 5) is 10.0. The van der Waals surface area contributed by atoms with Crippen molar-refractivity contribution in [3.8, 4) is 0 Å². The third-order valence-electron chi connectivity index (χ3n) is 3.48. The minimum absolute atomic E-state index is 0.148. The highest BCUT2D eigenvalue weighted by molar-refractivity contribution is 7.91. The summed E-state index contributed by atoms with van der Waals surface area (Å²) in [5.74, 6) is 0. The van der Waals surface area contributed by atoms with Crippen LogP contribution in [0.2, 0.25) is 4.34 Å². The van der Waals surface area contributed by atoms with Crippen LogP contribution in [0.1, 0.15) is 32.1 Å². The van der Waals surface area contributed by atoms with Crippen LogP contribution in [0.4, 0.5) is 5.69 Å². The van der Waals surface area contributed by atoms with E-state index in [1.54, 1.807) is 0 Å². The van der Waals surface area contributed by atoms with Gasteiger partial charge in [-0.25, -0.2) is 13.1 Å². The lowest BCUT2D eigenvalue weighted by Crippen LogP contribution is -2.46. The first-order valence-corrected chi connectivity index (χ1v) is 9.20. The molecule has 0 saturated heterocycles. The molecule has 2 rings (SSSR count). The van der Waals surface area contributed by atoms with E-state index in [9.17, 15) is 18.5 Å². The van der Waals surface area contributed by atoms with Crippen LogP contribution < -0.4 is 10.5 Å². The van der Waals surface area contributed by atoms with Gasteiger partial charge in [-0.1, -0.05) is 30.9 Å². The molecule has 0 aliphatic heterocycles. The van der Waals surface area contributed by atoms with Crippen LogP contribution in [0.3, 0.4) is 0 Å². The van der Waals surface area contributed by atoms with Gasteiger partial charge < -0.3 is 5.73 Å². The van der Waals surface area contributed by atoms with Crippen molar-refractivity contribution in [1.82, 2.24) is 4.72 Å². The predicted octanol–water partition coefficient (Wildman–Crippen LogP) is 2.25. The molecule has 1 saturated carbocycles. The van der Waals surface area contributed by atoms with Gasteiger partial charge in [-0.15, -0.1) is 11.3 Å². The molecule has 1 aliphatic carbocycles. The van der Waals surface area contributed by atoms with Crippen molar-refractivity contribution in [2.45, 2.75) is 48.4 Å². The summed E-state index contributed by atoms with van der Waals surface area (Å²) in [7, 11) is -3.84. The average Bonchev–Trinajstić information content (AvgIpc) is 2.69. The van der Waals surface area contributed by atoms with Crippen molar-refractivity contribution in [2.24, 2.45) is 5.73 Å². The predicted molar refractivity (Wildman–Crippen MR) is 81.2 cm³/mol. The number of sulfonamides is 1. The van der Waals surface area contributed by atoms with Gasteiger partial charge in [0.15, 0.2) is 4.34 Å². The Kier molecular flexibility index (Phi) is 5.20. The molecular formula is C11H16ClN3O4S2. The van der Waals surface area contributed by atoms with E-state index in [-0.39, 0.29) is 20.6 Å². The number of nitro groups is 1. The Morgan fingerprint density at radius 2 is 2.05 bits per heavy atom. The standard InChI is InChI=1S/C11H16ClN3O4S2/c12-11-9(15(16)17)6-10(20-11)21(18,19)14-8-5-3-1-2-4-7(8)13/h6-8,14H,1-5,13H2. The Balaban J connectivity index is 2.21. The zero-order chi connectivity index (χ0) is 15.6. The Hall–Kier alpha value is -0.740. The number of hydrogen-bond acceptors (Lipinski definition) is 6. The van der Waals surface area contributed by atoms with Gasteiger partial charge in [-0.05, 0) is 12.8 Å².